The molecule has 0 aliphatic carbocycles. The molecule has 2 heterocycles. The molecular weight excluding hydrogens is 374 g/mol. The summed E-state index contributed by atoms with van der Waals surface area (Å²) in [5.74, 6) is -0.382. The van der Waals surface area contributed by atoms with E-state index in [2.05, 4.69) is 10.2 Å². The summed E-state index contributed by atoms with van der Waals surface area (Å²) in [6.45, 7) is 2.19. The summed E-state index contributed by atoms with van der Waals surface area (Å²) in [6.07, 6.45) is 0.223. The lowest BCUT2D eigenvalue weighted by Crippen LogP contribution is -2.51. The van der Waals surface area contributed by atoms with Gasteiger partial charge in [0.2, 0.25) is 0 Å². The maximum absolute atomic E-state index is 12.5. The first-order chi connectivity index (χ1) is 14.0. The number of amides is 2. The molecule has 0 bridgehead atoms. The number of carbonyl (C=O) groups is 3. The number of ether oxygens (including phenoxy) is 2. The fraction of sp³-hybridized carbons (Fsp3) is 0.286. The molecule has 29 heavy (non-hydrogen) atoms. The van der Waals surface area contributed by atoms with Gasteiger partial charge in [0, 0.05) is 49.2 Å². The van der Waals surface area contributed by atoms with Crippen LogP contribution in [0.2, 0.25) is 0 Å². The third-order valence-electron chi connectivity index (χ3n) is 5.08. The monoisotopic (exact) mass is 395 g/mol. The summed E-state index contributed by atoms with van der Waals surface area (Å²) >= 11 is 0. The van der Waals surface area contributed by atoms with E-state index < -0.39 is 11.8 Å². The molecule has 0 radical (unpaired) electrons. The van der Waals surface area contributed by atoms with Crippen molar-refractivity contribution in [1.82, 2.24) is 4.90 Å². The summed E-state index contributed by atoms with van der Waals surface area (Å²) in [7, 11) is 1.62. The van der Waals surface area contributed by atoms with Crippen LogP contribution in [-0.4, -0.2) is 56.0 Å². The molecule has 0 spiro atoms. The van der Waals surface area contributed by atoms with Gasteiger partial charge in [0.1, 0.15) is 11.5 Å². The summed E-state index contributed by atoms with van der Waals surface area (Å²) in [5, 5.41) is 2.59. The van der Waals surface area contributed by atoms with E-state index >= 15 is 0 Å². The predicted molar refractivity (Wildman–Crippen MR) is 106 cm³/mol. The van der Waals surface area contributed by atoms with E-state index in [-0.39, 0.29) is 12.4 Å². The van der Waals surface area contributed by atoms with Crippen molar-refractivity contribution in [3.8, 4) is 11.5 Å². The van der Waals surface area contributed by atoms with Gasteiger partial charge in [0.15, 0.2) is 0 Å². The molecule has 0 aromatic heterocycles. The van der Waals surface area contributed by atoms with Crippen molar-refractivity contribution in [2.45, 2.75) is 6.42 Å². The second kappa shape index (κ2) is 7.83. The fourth-order valence-corrected chi connectivity index (χ4v) is 3.48. The molecular formula is C21H21N3O5. The Balaban J connectivity index is 1.32. The second-order valence-electron chi connectivity index (χ2n) is 6.90. The first-order valence-corrected chi connectivity index (χ1v) is 9.36. The summed E-state index contributed by atoms with van der Waals surface area (Å²) in [6, 6.07) is 12.7. The van der Waals surface area contributed by atoms with Gasteiger partial charge in [-0.2, -0.15) is 0 Å². The van der Waals surface area contributed by atoms with Gasteiger partial charge in [-0.15, -0.1) is 0 Å². The lowest BCUT2D eigenvalue weighted by molar-refractivity contribution is -0.143. The van der Waals surface area contributed by atoms with Crippen molar-refractivity contribution in [2.24, 2.45) is 0 Å². The van der Waals surface area contributed by atoms with Crippen LogP contribution in [0.15, 0.2) is 42.5 Å². The number of fused-ring (bicyclic) bond motifs is 1. The average Bonchev–Trinajstić information content (AvgIpc) is 3.12. The van der Waals surface area contributed by atoms with Crippen LogP contribution in [-0.2, 0) is 20.8 Å². The number of piperazine rings is 1. The number of nitrogens with one attached hydrogen (secondary N) is 1. The van der Waals surface area contributed by atoms with Gasteiger partial charge in [-0.3, -0.25) is 14.4 Å². The molecule has 4 rings (SSSR count). The number of nitrogens with zero attached hydrogens (tertiary/aromatic N) is 2. The molecule has 0 saturated carbocycles. The van der Waals surface area contributed by atoms with E-state index in [1.807, 2.05) is 24.3 Å². The number of esters is 1. The van der Waals surface area contributed by atoms with Crippen LogP contribution in [0.5, 0.6) is 11.5 Å². The number of carbonyl (C=O) groups excluding carboxylic acids is 3. The topological polar surface area (TPSA) is 88.2 Å². The third kappa shape index (κ3) is 4.01. The second-order valence-corrected chi connectivity index (χ2v) is 6.90. The molecule has 0 unspecified atom stereocenters. The lowest BCUT2D eigenvalue weighted by atomic mass is 10.1. The summed E-state index contributed by atoms with van der Waals surface area (Å²) in [5.41, 5.74) is 2.25. The van der Waals surface area contributed by atoms with E-state index in [9.17, 15) is 14.4 Å². The van der Waals surface area contributed by atoms with E-state index in [0.717, 1.165) is 17.0 Å². The molecule has 2 aromatic carbocycles. The lowest BCUT2D eigenvalue weighted by Gasteiger charge is -2.35. The Kier molecular flexibility index (Phi) is 5.07. The molecule has 2 aliphatic rings. The maximum atomic E-state index is 12.5. The van der Waals surface area contributed by atoms with Crippen LogP contribution in [0.1, 0.15) is 5.56 Å². The smallest absolute Gasteiger partial charge is 0.315 e. The first kappa shape index (κ1) is 18.8. The molecule has 1 N–H and O–H groups in total. The Hall–Kier alpha value is -3.55. The highest BCUT2D eigenvalue weighted by Crippen LogP contribution is 2.29. The zero-order chi connectivity index (χ0) is 20.4. The van der Waals surface area contributed by atoms with Crippen molar-refractivity contribution in [1.29, 1.82) is 0 Å². The molecule has 1 saturated heterocycles. The quantitative estimate of drug-likeness (QED) is 0.481. The van der Waals surface area contributed by atoms with Gasteiger partial charge in [-0.1, -0.05) is 6.07 Å². The molecule has 150 valence electrons. The van der Waals surface area contributed by atoms with Crippen molar-refractivity contribution < 1.29 is 23.9 Å². The SMILES string of the molecule is COc1ccc(N2CCN(C(=O)C(=O)Nc3ccc4c(c3)OC(=O)C4)CC2)cc1. The van der Waals surface area contributed by atoms with E-state index in [1.165, 1.54) is 0 Å². The molecule has 0 atom stereocenters. The van der Waals surface area contributed by atoms with Gasteiger partial charge < -0.3 is 24.6 Å². The molecule has 2 aromatic rings. The van der Waals surface area contributed by atoms with Crippen LogP contribution in [0.3, 0.4) is 0 Å². The number of anilines is 2. The molecule has 2 amide bonds. The Morgan fingerprint density at radius 1 is 1.03 bits per heavy atom. The number of methoxy groups -OCH3 is 1. The number of hydrogen-bond donors (Lipinski definition) is 1. The minimum Gasteiger partial charge on any atom is -0.497 e. The molecule has 1 fully saturated rings. The number of rotatable bonds is 3. The van der Waals surface area contributed by atoms with Crippen LogP contribution in [0, 0.1) is 0 Å². The normalized spacial score (nSPS) is 15.6. The van der Waals surface area contributed by atoms with Gasteiger partial charge in [-0.05, 0) is 30.3 Å². The average molecular weight is 395 g/mol. The third-order valence-corrected chi connectivity index (χ3v) is 5.08. The molecule has 8 nitrogen and oxygen atoms in total. The highest BCUT2D eigenvalue weighted by atomic mass is 16.5. The van der Waals surface area contributed by atoms with Crippen LogP contribution >= 0.6 is 0 Å². The number of hydrogen-bond acceptors (Lipinski definition) is 6. The van der Waals surface area contributed by atoms with Crippen molar-refractivity contribution in [3.63, 3.8) is 0 Å². The van der Waals surface area contributed by atoms with Crippen LogP contribution < -0.4 is 19.7 Å². The van der Waals surface area contributed by atoms with Crippen LogP contribution in [0.25, 0.3) is 0 Å². The van der Waals surface area contributed by atoms with Gasteiger partial charge in [0.25, 0.3) is 0 Å². The van der Waals surface area contributed by atoms with E-state index in [4.69, 9.17) is 9.47 Å². The fourth-order valence-electron chi connectivity index (χ4n) is 3.48. The molecule has 8 heteroatoms. The first-order valence-electron chi connectivity index (χ1n) is 9.36. The zero-order valence-corrected chi connectivity index (χ0v) is 16.0. The van der Waals surface area contributed by atoms with E-state index in [0.29, 0.717) is 37.6 Å². The Morgan fingerprint density at radius 2 is 1.76 bits per heavy atom. The van der Waals surface area contributed by atoms with Gasteiger partial charge in [0.05, 0.1) is 13.5 Å². The van der Waals surface area contributed by atoms with E-state index in [1.54, 1.807) is 30.2 Å². The minimum atomic E-state index is -0.702. The summed E-state index contributed by atoms with van der Waals surface area (Å²) < 4.78 is 10.2. The Morgan fingerprint density at radius 3 is 2.45 bits per heavy atom. The van der Waals surface area contributed by atoms with Gasteiger partial charge >= 0.3 is 17.8 Å². The van der Waals surface area contributed by atoms with Crippen LogP contribution in [0.4, 0.5) is 11.4 Å². The summed E-state index contributed by atoms with van der Waals surface area (Å²) in [4.78, 5) is 39.9. The Labute approximate surface area is 168 Å². The minimum absolute atomic E-state index is 0.223. The van der Waals surface area contributed by atoms with Crippen molar-refractivity contribution in [3.05, 3.63) is 48.0 Å². The largest absolute Gasteiger partial charge is 0.497 e. The maximum Gasteiger partial charge on any atom is 0.315 e. The van der Waals surface area contributed by atoms with Gasteiger partial charge in [-0.25, -0.2) is 0 Å². The molecule has 2 aliphatic heterocycles. The highest BCUT2D eigenvalue weighted by molar-refractivity contribution is 6.39. The van der Waals surface area contributed by atoms with Crippen molar-refractivity contribution in [2.75, 3.05) is 43.5 Å². The zero-order valence-electron chi connectivity index (χ0n) is 16.0. The highest BCUT2D eigenvalue weighted by Gasteiger charge is 2.27. The number of benzene rings is 2. The standard InChI is InChI=1S/C21H21N3O5/c1-28-17-6-4-16(5-7-17)23-8-10-24(11-9-23)21(27)20(26)22-15-3-2-14-12-19(25)29-18(14)13-15/h2-7,13H,8-12H2,1H3,(H,22,26). The van der Waals surface area contributed by atoms with Crippen molar-refractivity contribution >= 4 is 29.2 Å². The predicted octanol–water partition coefficient (Wildman–Crippen LogP) is 1.44. The Bertz CT molecular complexity index is 949.